The van der Waals surface area contributed by atoms with Gasteiger partial charge in [-0.3, -0.25) is 9.59 Å². The minimum atomic E-state index is -1.16. The lowest BCUT2D eigenvalue weighted by atomic mass is 10.1. The lowest BCUT2D eigenvalue weighted by Gasteiger charge is -2.34. The van der Waals surface area contributed by atoms with Gasteiger partial charge in [0.1, 0.15) is 6.10 Å². The summed E-state index contributed by atoms with van der Waals surface area (Å²) in [6.45, 7) is 3.25. The quantitative estimate of drug-likeness (QED) is 0.367. The fourth-order valence-corrected chi connectivity index (χ4v) is 1.92. The third-order valence-corrected chi connectivity index (χ3v) is 3.19. The molecular formula is C16H22O9. The molecule has 25 heavy (non-hydrogen) atoms. The summed E-state index contributed by atoms with van der Waals surface area (Å²) in [5.41, 5.74) is 0. The van der Waals surface area contributed by atoms with Crippen LogP contribution in [0.5, 0.6) is 0 Å². The summed E-state index contributed by atoms with van der Waals surface area (Å²) >= 11 is 0. The van der Waals surface area contributed by atoms with Crippen LogP contribution in [0.3, 0.4) is 0 Å². The molecule has 0 aliphatic carbocycles. The van der Waals surface area contributed by atoms with Crippen LogP contribution in [-0.4, -0.2) is 56.1 Å². The van der Waals surface area contributed by atoms with E-state index < -0.39 is 42.4 Å². The van der Waals surface area contributed by atoms with Crippen LogP contribution in [0.2, 0.25) is 0 Å². The van der Waals surface area contributed by atoms with Gasteiger partial charge >= 0.3 is 23.9 Å². The highest BCUT2D eigenvalue weighted by molar-refractivity contribution is 5.91. The van der Waals surface area contributed by atoms with Crippen LogP contribution in [0.1, 0.15) is 33.1 Å². The maximum atomic E-state index is 11.7. The van der Waals surface area contributed by atoms with E-state index in [1.807, 2.05) is 0 Å². The lowest BCUT2D eigenvalue weighted by molar-refractivity contribution is -0.241. The van der Waals surface area contributed by atoms with Gasteiger partial charge in [0.25, 0.3) is 0 Å². The molecule has 3 atom stereocenters. The van der Waals surface area contributed by atoms with Crippen LogP contribution < -0.4 is 0 Å². The summed E-state index contributed by atoms with van der Waals surface area (Å²) < 4.78 is 25.1. The molecule has 0 saturated carbocycles. The van der Waals surface area contributed by atoms with Gasteiger partial charge in [-0.1, -0.05) is 13.8 Å². The molecule has 9 heteroatoms. The predicted octanol–water partition coefficient (Wildman–Crippen LogP) is 0.649. The molecule has 1 aliphatic heterocycles. The molecule has 1 saturated heterocycles. The number of rotatable bonds is 7. The molecular weight excluding hydrogens is 336 g/mol. The number of methoxy groups -OCH3 is 1. The van der Waals surface area contributed by atoms with E-state index >= 15 is 0 Å². The van der Waals surface area contributed by atoms with Crippen molar-refractivity contribution in [3.05, 3.63) is 12.2 Å². The largest absolute Gasteiger partial charge is 0.466 e. The monoisotopic (exact) mass is 358 g/mol. The minimum absolute atomic E-state index is 0.00935. The van der Waals surface area contributed by atoms with E-state index in [1.54, 1.807) is 13.8 Å². The summed E-state index contributed by atoms with van der Waals surface area (Å²) in [5, 5.41) is 0. The SMILES string of the molecule is CCC(=O)OC1C[C@H](OC(=O)CC)CO[C@@H]1OC(=O)/C=C/C(=O)OC. The molecule has 0 bridgehead atoms. The molecule has 0 spiro atoms. The zero-order valence-corrected chi connectivity index (χ0v) is 14.4. The highest BCUT2D eigenvalue weighted by Crippen LogP contribution is 2.22. The molecule has 9 nitrogen and oxygen atoms in total. The van der Waals surface area contributed by atoms with Crippen LogP contribution >= 0.6 is 0 Å². The van der Waals surface area contributed by atoms with Gasteiger partial charge in [0.2, 0.25) is 6.29 Å². The smallest absolute Gasteiger partial charge is 0.333 e. The molecule has 0 N–H and O–H groups in total. The first-order chi connectivity index (χ1) is 11.9. The lowest BCUT2D eigenvalue weighted by Crippen LogP contribution is -2.47. The fourth-order valence-electron chi connectivity index (χ4n) is 1.92. The van der Waals surface area contributed by atoms with E-state index in [0.717, 1.165) is 12.2 Å². The van der Waals surface area contributed by atoms with Crippen LogP contribution in [0.4, 0.5) is 0 Å². The van der Waals surface area contributed by atoms with Crippen molar-refractivity contribution in [2.45, 2.75) is 51.6 Å². The van der Waals surface area contributed by atoms with Crippen molar-refractivity contribution >= 4 is 23.9 Å². The molecule has 1 unspecified atom stereocenters. The van der Waals surface area contributed by atoms with Crippen LogP contribution in [0.25, 0.3) is 0 Å². The van der Waals surface area contributed by atoms with E-state index in [1.165, 1.54) is 7.11 Å². The molecule has 1 rings (SSSR count). The Bertz CT molecular complexity index is 526. The van der Waals surface area contributed by atoms with Gasteiger partial charge in [-0.2, -0.15) is 0 Å². The van der Waals surface area contributed by atoms with Gasteiger partial charge in [-0.15, -0.1) is 0 Å². The van der Waals surface area contributed by atoms with E-state index in [-0.39, 0.29) is 25.9 Å². The Labute approximate surface area is 145 Å². The van der Waals surface area contributed by atoms with E-state index in [9.17, 15) is 19.2 Å². The fraction of sp³-hybridized carbons (Fsp3) is 0.625. The zero-order valence-electron chi connectivity index (χ0n) is 14.4. The maximum absolute atomic E-state index is 11.7. The van der Waals surface area contributed by atoms with E-state index in [2.05, 4.69) is 4.74 Å². The van der Waals surface area contributed by atoms with Crippen molar-refractivity contribution in [1.29, 1.82) is 0 Å². The number of ether oxygens (including phenoxy) is 5. The first-order valence-corrected chi connectivity index (χ1v) is 7.86. The number of hydrogen-bond acceptors (Lipinski definition) is 9. The minimum Gasteiger partial charge on any atom is -0.466 e. The van der Waals surface area contributed by atoms with Crippen molar-refractivity contribution in [2.24, 2.45) is 0 Å². The second-order valence-corrected chi connectivity index (χ2v) is 5.08. The Balaban J connectivity index is 2.70. The van der Waals surface area contributed by atoms with Crippen LogP contribution in [0, 0.1) is 0 Å². The number of hydrogen-bond donors (Lipinski definition) is 0. The molecule has 0 aromatic rings. The number of esters is 4. The Hall–Kier alpha value is -2.42. The van der Waals surface area contributed by atoms with Gasteiger partial charge in [0.15, 0.2) is 6.10 Å². The Morgan fingerprint density at radius 3 is 2.16 bits per heavy atom. The van der Waals surface area contributed by atoms with Gasteiger partial charge in [-0.05, 0) is 0 Å². The molecule has 0 amide bonds. The van der Waals surface area contributed by atoms with E-state index in [4.69, 9.17) is 18.9 Å². The third kappa shape index (κ3) is 7.34. The topological polar surface area (TPSA) is 114 Å². The average Bonchev–Trinajstić information content (AvgIpc) is 2.61. The summed E-state index contributed by atoms with van der Waals surface area (Å²) in [6.07, 6.45) is -0.473. The van der Waals surface area contributed by atoms with Gasteiger partial charge in [0, 0.05) is 31.4 Å². The van der Waals surface area contributed by atoms with Crippen molar-refractivity contribution < 1.29 is 42.9 Å². The summed E-state index contributed by atoms with van der Waals surface area (Å²) in [7, 11) is 1.17. The normalized spacial score (nSPS) is 22.9. The van der Waals surface area contributed by atoms with Gasteiger partial charge in [0.05, 0.1) is 13.7 Å². The number of carbonyl (C=O) groups excluding carboxylic acids is 4. The third-order valence-electron chi connectivity index (χ3n) is 3.19. The van der Waals surface area contributed by atoms with Crippen molar-refractivity contribution in [2.75, 3.05) is 13.7 Å². The molecule has 0 aromatic heterocycles. The van der Waals surface area contributed by atoms with Gasteiger partial charge < -0.3 is 23.7 Å². The zero-order chi connectivity index (χ0) is 18.8. The van der Waals surface area contributed by atoms with Crippen molar-refractivity contribution in [1.82, 2.24) is 0 Å². The predicted molar refractivity (Wildman–Crippen MR) is 81.9 cm³/mol. The standard InChI is InChI=1S/C16H22O9/c1-4-12(17)23-10-8-11(24-13(18)5-2)16(22-9-10)25-15(20)7-6-14(19)21-3/h6-7,10-11,16H,4-5,8-9H2,1-3H3/b7-6+/t10-,11?,16+/m0/s1. The first-order valence-electron chi connectivity index (χ1n) is 7.86. The second kappa shape index (κ2) is 10.4. The van der Waals surface area contributed by atoms with Crippen molar-refractivity contribution in [3.8, 4) is 0 Å². The highest BCUT2D eigenvalue weighted by atomic mass is 16.7. The molecule has 1 fully saturated rings. The maximum Gasteiger partial charge on any atom is 0.333 e. The van der Waals surface area contributed by atoms with Crippen LogP contribution in [0.15, 0.2) is 12.2 Å². The molecule has 0 radical (unpaired) electrons. The molecule has 140 valence electrons. The Morgan fingerprint density at radius 2 is 1.56 bits per heavy atom. The highest BCUT2D eigenvalue weighted by Gasteiger charge is 2.38. The van der Waals surface area contributed by atoms with Crippen LogP contribution in [-0.2, 0) is 42.9 Å². The summed E-state index contributed by atoms with van der Waals surface area (Å²) in [5.74, 6) is -2.51. The molecule has 0 aromatic carbocycles. The van der Waals surface area contributed by atoms with E-state index in [0.29, 0.717) is 0 Å². The Morgan fingerprint density at radius 1 is 0.960 bits per heavy atom. The first kappa shape index (κ1) is 20.6. The summed E-state index contributed by atoms with van der Waals surface area (Å²) in [6, 6.07) is 0. The average molecular weight is 358 g/mol. The number of carbonyl (C=O) groups is 4. The Kier molecular flexibility index (Phi) is 8.62. The molecule has 1 heterocycles. The summed E-state index contributed by atoms with van der Waals surface area (Å²) in [4.78, 5) is 45.6. The molecule has 1 aliphatic rings. The second-order valence-electron chi connectivity index (χ2n) is 5.08. The van der Waals surface area contributed by atoms with Gasteiger partial charge in [-0.25, -0.2) is 9.59 Å². The van der Waals surface area contributed by atoms with Crippen molar-refractivity contribution in [3.63, 3.8) is 0 Å².